The summed E-state index contributed by atoms with van der Waals surface area (Å²) in [6.07, 6.45) is 7.06. The summed E-state index contributed by atoms with van der Waals surface area (Å²) in [6.45, 7) is 7.06. The second kappa shape index (κ2) is 13.1. The first-order valence-electron chi connectivity index (χ1n) is 14.1. The van der Waals surface area contributed by atoms with Crippen molar-refractivity contribution in [1.82, 2.24) is 19.8 Å². The number of carbonyl (C=O) groups excluding carboxylic acids is 1. The van der Waals surface area contributed by atoms with Crippen molar-refractivity contribution >= 4 is 5.91 Å². The van der Waals surface area contributed by atoms with Gasteiger partial charge in [0, 0.05) is 24.2 Å². The molecule has 8 nitrogen and oxygen atoms in total. The van der Waals surface area contributed by atoms with Gasteiger partial charge in [0.15, 0.2) is 11.6 Å². The Morgan fingerprint density at radius 3 is 2.46 bits per heavy atom. The number of amides is 1. The van der Waals surface area contributed by atoms with Crippen molar-refractivity contribution in [3.05, 3.63) is 42.0 Å². The highest BCUT2D eigenvalue weighted by Gasteiger charge is 2.33. The molecule has 2 atom stereocenters. The molecule has 0 aliphatic carbocycles. The minimum atomic E-state index is -1.27. The molecule has 4 rings (SSSR count). The van der Waals surface area contributed by atoms with E-state index in [2.05, 4.69) is 14.9 Å². The number of hydrogen-bond acceptors (Lipinski definition) is 7. The lowest BCUT2D eigenvalue weighted by atomic mass is 9.94. The molecule has 0 radical (unpaired) electrons. The molecule has 10 heteroatoms. The van der Waals surface area contributed by atoms with Crippen molar-refractivity contribution in [3.8, 4) is 17.1 Å². The maximum atomic E-state index is 15.0. The highest BCUT2D eigenvalue weighted by atomic mass is 19.1. The van der Waals surface area contributed by atoms with E-state index in [1.165, 1.54) is 12.1 Å². The van der Waals surface area contributed by atoms with Crippen LogP contribution in [0.15, 0.2) is 30.6 Å². The monoisotopic (exact) mass is 545 g/mol. The number of likely N-dealkylation sites (tertiary alicyclic amines) is 2. The molecule has 0 saturated carbocycles. The van der Waals surface area contributed by atoms with Crippen LogP contribution in [0, 0.1) is 11.7 Å². The van der Waals surface area contributed by atoms with Crippen molar-refractivity contribution in [2.24, 2.45) is 11.7 Å². The van der Waals surface area contributed by atoms with Gasteiger partial charge in [-0.1, -0.05) is 32.4 Å². The van der Waals surface area contributed by atoms with Gasteiger partial charge in [-0.3, -0.25) is 9.69 Å². The number of piperidine rings is 2. The van der Waals surface area contributed by atoms with Crippen LogP contribution in [0.25, 0.3) is 11.4 Å². The quantitative estimate of drug-likeness (QED) is 0.435. The number of nitrogens with zero attached hydrogens (tertiary/aromatic N) is 4. The molecular weight excluding hydrogens is 504 g/mol. The molecule has 2 saturated heterocycles. The first kappa shape index (κ1) is 29.3. The molecule has 2 aromatic rings. The first-order valence-corrected chi connectivity index (χ1v) is 14.1. The fourth-order valence-electron chi connectivity index (χ4n) is 5.55. The average Bonchev–Trinajstić information content (AvgIpc) is 2.96. The smallest absolute Gasteiger partial charge is 0.234 e. The van der Waals surface area contributed by atoms with Crippen molar-refractivity contribution in [3.63, 3.8) is 0 Å². The number of ether oxygens (including phenoxy) is 1. The van der Waals surface area contributed by atoms with Gasteiger partial charge in [-0.15, -0.1) is 0 Å². The molecule has 2 unspecified atom stereocenters. The lowest BCUT2D eigenvalue weighted by Gasteiger charge is -2.37. The van der Waals surface area contributed by atoms with Crippen molar-refractivity contribution in [2.45, 2.75) is 76.7 Å². The van der Waals surface area contributed by atoms with E-state index >= 15 is 4.39 Å². The van der Waals surface area contributed by atoms with Crippen LogP contribution >= 0.6 is 0 Å². The van der Waals surface area contributed by atoms with Gasteiger partial charge in [-0.05, 0) is 63.6 Å². The van der Waals surface area contributed by atoms with Crippen molar-refractivity contribution in [2.75, 3.05) is 32.8 Å². The predicted molar refractivity (Wildman–Crippen MR) is 145 cm³/mol. The lowest BCUT2D eigenvalue weighted by Crippen LogP contribution is -2.49. The van der Waals surface area contributed by atoms with Gasteiger partial charge in [-0.25, -0.2) is 18.7 Å². The van der Waals surface area contributed by atoms with E-state index in [1.54, 1.807) is 23.4 Å². The van der Waals surface area contributed by atoms with Crippen LogP contribution in [0.5, 0.6) is 5.75 Å². The van der Waals surface area contributed by atoms with Crippen molar-refractivity contribution in [1.29, 1.82) is 0 Å². The van der Waals surface area contributed by atoms with Gasteiger partial charge < -0.3 is 20.5 Å². The van der Waals surface area contributed by atoms with E-state index in [-0.39, 0.29) is 5.56 Å². The molecule has 39 heavy (non-hydrogen) atoms. The standard InChI is InChI=1S/C29H41F2N5O3/c1-3-29(31,4-2)19-35-13-10-20(11-14-35)18-39-22-16-33-27(34-17-22)21-8-9-23(24(30)15-21)28(38)36-12-6-5-7-25(36)26(32)37/h8-9,15-17,20,25,28,38H,3-7,10-14,18-19H2,1-2H3,(H2,32,37). The van der Waals surface area contributed by atoms with Crippen LogP contribution in [0.4, 0.5) is 8.78 Å². The highest BCUT2D eigenvalue weighted by Crippen LogP contribution is 2.30. The van der Waals surface area contributed by atoms with Gasteiger partial charge in [0.2, 0.25) is 5.91 Å². The fraction of sp³-hybridized carbons (Fsp3) is 0.621. The summed E-state index contributed by atoms with van der Waals surface area (Å²) in [4.78, 5) is 24.3. The van der Waals surface area contributed by atoms with E-state index in [9.17, 15) is 14.3 Å². The van der Waals surface area contributed by atoms with E-state index in [0.717, 1.165) is 38.8 Å². The number of nitrogens with two attached hydrogens (primary N) is 1. The molecule has 0 bridgehead atoms. The zero-order valence-corrected chi connectivity index (χ0v) is 23.0. The third-order valence-corrected chi connectivity index (χ3v) is 8.32. The zero-order chi connectivity index (χ0) is 28.0. The summed E-state index contributed by atoms with van der Waals surface area (Å²) >= 11 is 0. The Hall–Kier alpha value is -2.69. The number of halogens is 2. The van der Waals surface area contributed by atoms with E-state index < -0.39 is 29.7 Å². The normalized spacial score (nSPS) is 20.6. The van der Waals surface area contributed by atoms with Gasteiger partial charge in [-0.2, -0.15) is 0 Å². The minimum absolute atomic E-state index is 0.0829. The molecular formula is C29H41F2N5O3. The van der Waals surface area contributed by atoms with Crippen molar-refractivity contribution < 1.29 is 23.4 Å². The molecule has 1 aromatic heterocycles. The van der Waals surface area contributed by atoms with Crippen LogP contribution in [0.1, 0.15) is 70.6 Å². The van der Waals surface area contributed by atoms with Crippen LogP contribution in [-0.2, 0) is 4.79 Å². The maximum absolute atomic E-state index is 15.0. The van der Waals surface area contributed by atoms with Gasteiger partial charge in [0.05, 0.1) is 25.0 Å². The predicted octanol–water partition coefficient (Wildman–Crippen LogP) is 4.23. The summed E-state index contributed by atoms with van der Waals surface area (Å²) < 4.78 is 35.7. The summed E-state index contributed by atoms with van der Waals surface area (Å²) in [7, 11) is 0. The molecule has 214 valence electrons. The lowest BCUT2D eigenvalue weighted by molar-refractivity contribution is -0.131. The largest absolute Gasteiger partial charge is 0.490 e. The minimum Gasteiger partial charge on any atom is -0.490 e. The SMILES string of the molecule is CCC(F)(CC)CN1CCC(COc2cnc(-c3ccc(C(O)N4CCCCC4C(N)=O)c(F)c3)nc2)CC1. The zero-order valence-electron chi connectivity index (χ0n) is 23.0. The third-order valence-electron chi connectivity index (χ3n) is 8.32. The molecule has 2 aliphatic rings. The molecule has 1 amide bonds. The molecule has 3 N–H and O–H groups in total. The number of carbonyl (C=O) groups is 1. The Labute approximate surface area is 229 Å². The molecule has 2 fully saturated rings. The summed E-state index contributed by atoms with van der Waals surface area (Å²) in [5.74, 6) is 0.146. The van der Waals surface area contributed by atoms with Gasteiger partial charge >= 0.3 is 0 Å². The molecule has 0 spiro atoms. The number of alkyl halides is 1. The second-order valence-electron chi connectivity index (χ2n) is 10.9. The average molecular weight is 546 g/mol. The number of primary amides is 1. The van der Waals surface area contributed by atoms with Gasteiger partial charge in [0.1, 0.15) is 17.7 Å². The van der Waals surface area contributed by atoms with E-state index in [1.807, 2.05) is 13.8 Å². The Kier molecular flexibility index (Phi) is 9.85. The van der Waals surface area contributed by atoms with E-state index in [0.29, 0.717) is 62.0 Å². The first-order chi connectivity index (χ1) is 18.7. The van der Waals surface area contributed by atoms with Crippen LogP contribution in [0.2, 0.25) is 0 Å². The molecule has 3 heterocycles. The number of hydrogen-bond donors (Lipinski definition) is 2. The highest BCUT2D eigenvalue weighted by molar-refractivity contribution is 5.80. The topological polar surface area (TPSA) is 105 Å². The number of aliphatic hydroxyl groups is 1. The summed E-state index contributed by atoms with van der Waals surface area (Å²) in [5.41, 5.74) is 4.94. The number of aliphatic hydroxyl groups excluding tert-OH is 1. The van der Waals surface area contributed by atoms with Crippen LogP contribution in [0.3, 0.4) is 0 Å². The Morgan fingerprint density at radius 2 is 1.85 bits per heavy atom. The number of benzene rings is 1. The van der Waals surface area contributed by atoms with Crippen LogP contribution < -0.4 is 10.5 Å². The maximum Gasteiger partial charge on any atom is 0.234 e. The Balaban J connectivity index is 1.30. The van der Waals surface area contributed by atoms with E-state index in [4.69, 9.17) is 10.5 Å². The summed E-state index contributed by atoms with van der Waals surface area (Å²) in [5, 5.41) is 10.8. The number of aromatic nitrogens is 2. The Bertz CT molecular complexity index is 1090. The van der Waals surface area contributed by atoms with Crippen LogP contribution in [-0.4, -0.2) is 75.3 Å². The fourth-order valence-corrected chi connectivity index (χ4v) is 5.55. The third kappa shape index (κ3) is 7.29. The second-order valence-corrected chi connectivity index (χ2v) is 10.9. The molecule has 1 aromatic carbocycles. The Morgan fingerprint density at radius 1 is 1.15 bits per heavy atom. The van der Waals surface area contributed by atoms with Gasteiger partial charge in [0.25, 0.3) is 0 Å². The number of rotatable bonds is 11. The molecule has 2 aliphatic heterocycles. The summed E-state index contributed by atoms with van der Waals surface area (Å²) in [6, 6.07) is 3.82.